The summed E-state index contributed by atoms with van der Waals surface area (Å²) in [6, 6.07) is 24.6. The van der Waals surface area contributed by atoms with Gasteiger partial charge >= 0.3 is 12.4 Å². The maximum Gasteiger partial charge on any atom is 0.416 e. The van der Waals surface area contributed by atoms with Crippen LogP contribution in [0.5, 0.6) is 11.5 Å². The van der Waals surface area contributed by atoms with E-state index in [-0.39, 0.29) is 34.8 Å². The first-order valence-corrected chi connectivity index (χ1v) is 12.6. The lowest BCUT2D eigenvalue weighted by molar-refractivity contribution is -0.138. The Morgan fingerprint density at radius 3 is 2.02 bits per heavy atom. The van der Waals surface area contributed by atoms with Gasteiger partial charge in [0, 0.05) is 23.0 Å². The van der Waals surface area contributed by atoms with E-state index < -0.39 is 29.4 Å². The van der Waals surface area contributed by atoms with Crippen molar-refractivity contribution >= 4 is 40.2 Å². The van der Waals surface area contributed by atoms with Gasteiger partial charge in [0.15, 0.2) is 0 Å². The smallest absolute Gasteiger partial charge is 0.416 e. The van der Waals surface area contributed by atoms with Gasteiger partial charge in [0.25, 0.3) is 5.91 Å². The first-order chi connectivity index (χ1) is 20.4. The van der Waals surface area contributed by atoms with E-state index in [1.54, 1.807) is 18.2 Å². The molecule has 0 unspecified atom stereocenters. The second-order valence-corrected chi connectivity index (χ2v) is 9.38. The van der Waals surface area contributed by atoms with Crippen molar-refractivity contribution < 1.29 is 40.7 Å². The lowest BCUT2D eigenvalue weighted by Gasteiger charge is -2.21. The zero-order valence-electron chi connectivity index (χ0n) is 21.9. The van der Waals surface area contributed by atoms with Crippen LogP contribution in [-0.4, -0.2) is 12.3 Å². The number of hydrogen-bond acceptors (Lipinski definition) is 3. The Balaban J connectivity index is 1.55. The summed E-state index contributed by atoms with van der Waals surface area (Å²) in [5.41, 5.74) is -2.42. The molecule has 0 saturated carbocycles. The van der Waals surface area contributed by atoms with E-state index >= 15 is 0 Å². The summed E-state index contributed by atoms with van der Waals surface area (Å²) >= 11 is 0. The highest BCUT2D eigenvalue weighted by Gasteiger charge is 2.32. The molecule has 0 aliphatic heterocycles. The van der Waals surface area contributed by atoms with Gasteiger partial charge in [-0.15, -0.1) is 0 Å². The number of carbonyl (C=O) groups excluding carboxylic acids is 2. The van der Waals surface area contributed by atoms with E-state index in [4.69, 9.17) is 4.74 Å². The third-order valence-electron chi connectivity index (χ3n) is 6.39. The molecule has 5 rings (SSSR count). The van der Waals surface area contributed by atoms with Crippen LogP contribution < -0.4 is 15.0 Å². The van der Waals surface area contributed by atoms with Crippen LogP contribution in [0.3, 0.4) is 0 Å². The Morgan fingerprint density at radius 2 is 1.33 bits per heavy atom. The fourth-order valence-corrected chi connectivity index (χ4v) is 4.36. The van der Waals surface area contributed by atoms with Gasteiger partial charge in [-0.2, -0.15) is 26.3 Å². The average molecular weight is 595 g/mol. The van der Waals surface area contributed by atoms with E-state index in [1.807, 2.05) is 24.3 Å². The van der Waals surface area contributed by atoms with Crippen LogP contribution >= 0.6 is 0 Å². The quantitative estimate of drug-likeness (QED) is 0.151. The molecule has 0 heterocycles. The number of halogens is 6. The molecule has 5 aromatic rings. The molecule has 11 heteroatoms. The Kier molecular flexibility index (Phi) is 7.81. The highest BCUT2D eigenvalue weighted by Crippen LogP contribution is 2.36. The topological polar surface area (TPSA) is 58.6 Å². The normalized spacial score (nSPS) is 11.7. The third-order valence-corrected chi connectivity index (χ3v) is 6.39. The number of carbonyl (C=O) groups is 2. The van der Waals surface area contributed by atoms with E-state index in [1.165, 1.54) is 30.3 Å². The van der Waals surface area contributed by atoms with Crippen molar-refractivity contribution in [3.63, 3.8) is 0 Å². The highest BCUT2D eigenvalue weighted by molar-refractivity contribution is 6.06. The second kappa shape index (κ2) is 11.5. The fourth-order valence-electron chi connectivity index (χ4n) is 4.36. The predicted octanol–water partition coefficient (Wildman–Crippen LogP) is 9.22. The van der Waals surface area contributed by atoms with Crippen LogP contribution in [0.1, 0.15) is 21.5 Å². The minimum Gasteiger partial charge on any atom is -0.457 e. The van der Waals surface area contributed by atoms with Crippen molar-refractivity contribution in [2.45, 2.75) is 12.4 Å². The Labute approximate surface area is 240 Å². The van der Waals surface area contributed by atoms with Crippen LogP contribution in [-0.2, 0) is 17.1 Å². The molecule has 0 spiro atoms. The molecule has 1 N–H and O–H groups in total. The van der Waals surface area contributed by atoms with Gasteiger partial charge < -0.3 is 10.1 Å². The van der Waals surface area contributed by atoms with Gasteiger partial charge in [0.05, 0.1) is 16.8 Å². The number of benzene rings is 5. The van der Waals surface area contributed by atoms with Gasteiger partial charge in [-0.25, -0.2) is 0 Å². The molecule has 0 radical (unpaired) electrons. The summed E-state index contributed by atoms with van der Waals surface area (Å²) in [6.45, 7) is 0. The van der Waals surface area contributed by atoms with Gasteiger partial charge in [-0.3, -0.25) is 14.5 Å². The van der Waals surface area contributed by atoms with Gasteiger partial charge in [0.1, 0.15) is 11.5 Å². The number of hydrogen-bond donors (Lipinski definition) is 1. The summed E-state index contributed by atoms with van der Waals surface area (Å²) in [5.74, 6) is -0.447. The average Bonchev–Trinajstić information content (AvgIpc) is 2.97. The highest BCUT2D eigenvalue weighted by atomic mass is 19.4. The molecule has 5 aromatic carbocycles. The van der Waals surface area contributed by atoms with Crippen LogP contribution in [0.25, 0.3) is 10.8 Å². The third kappa shape index (κ3) is 6.78. The maximum atomic E-state index is 13.4. The summed E-state index contributed by atoms with van der Waals surface area (Å²) in [4.78, 5) is 26.3. The van der Waals surface area contributed by atoms with Gasteiger partial charge in [0.2, 0.25) is 6.41 Å². The number of nitrogens with zero attached hydrogens (tertiary/aromatic N) is 1. The summed E-state index contributed by atoms with van der Waals surface area (Å²) in [5, 5.41) is 4.17. The number of fused-ring (bicyclic) bond motifs is 1. The van der Waals surface area contributed by atoms with E-state index in [0.717, 1.165) is 52.1 Å². The maximum absolute atomic E-state index is 13.4. The fraction of sp³-hybridized carbons (Fsp3) is 0.0625. The second-order valence-electron chi connectivity index (χ2n) is 9.38. The SMILES string of the molecule is O=CN(c1cc(Oc2ccc3ccccc3c2)cc(C(=O)Nc2cccc(C(F)(F)F)c2)c1)c1cccc(C(F)(F)F)c1. The largest absolute Gasteiger partial charge is 0.457 e. The van der Waals surface area contributed by atoms with E-state index in [0.29, 0.717) is 5.75 Å². The van der Waals surface area contributed by atoms with Crippen molar-refractivity contribution in [2.24, 2.45) is 0 Å². The number of rotatable bonds is 7. The minimum atomic E-state index is -4.68. The molecule has 0 aliphatic carbocycles. The van der Waals surface area contributed by atoms with Crippen LogP contribution in [0, 0.1) is 0 Å². The van der Waals surface area contributed by atoms with E-state index in [2.05, 4.69) is 5.32 Å². The number of alkyl halides is 6. The Morgan fingerprint density at radius 1 is 0.651 bits per heavy atom. The molecule has 218 valence electrons. The molecule has 0 aromatic heterocycles. The zero-order chi connectivity index (χ0) is 30.8. The van der Waals surface area contributed by atoms with Crippen LogP contribution in [0.4, 0.5) is 43.4 Å². The monoisotopic (exact) mass is 594 g/mol. The summed E-state index contributed by atoms with van der Waals surface area (Å²) < 4.78 is 85.7. The summed E-state index contributed by atoms with van der Waals surface area (Å²) in [6.07, 6.45) is -9.04. The molecule has 43 heavy (non-hydrogen) atoms. The molecule has 0 bridgehead atoms. The standard InChI is InChI=1S/C32H20F6N2O3/c33-31(34,35)23-7-3-9-25(16-23)39-30(42)22-13-27(40(19-41)26-10-4-8-24(17-26)32(36,37)38)18-29(15-22)43-28-12-11-20-5-1-2-6-21(20)14-28/h1-19H,(H,39,42). The first kappa shape index (κ1) is 29.2. The van der Waals surface area contributed by atoms with Crippen LogP contribution in [0.15, 0.2) is 109 Å². The van der Waals surface area contributed by atoms with Crippen molar-refractivity contribution in [3.8, 4) is 11.5 Å². The van der Waals surface area contributed by atoms with Crippen LogP contribution in [0.2, 0.25) is 0 Å². The molecule has 0 aliphatic rings. The molecule has 5 nitrogen and oxygen atoms in total. The van der Waals surface area contributed by atoms with Crippen molar-refractivity contribution in [2.75, 3.05) is 10.2 Å². The molecular weight excluding hydrogens is 574 g/mol. The molecular formula is C32H20F6N2O3. The zero-order valence-corrected chi connectivity index (χ0v) is 21.9. The molecule has 0 saturated heterocycles. The number of anilines is 3. The van der Waals surface area contributed by atoms with Crippen molar-refractivity contribution in [3.05, 3.63) is 126 Å². The van der Waals surface area contributed by atoms with Crippen molar-refractivity contribution in [1.82, 2.24) is 0 Å². The predicted molar refractivity (Wildman–Crippen MR) is 150 cm³/mol. The van der Waals surface area contributed by atoms with Gasteiger partial charge in [-0.05, 0) is 71.4 Å². The Hall–Kier alpha value is -5.32. The number of ether oxygens (including phenoxy) is 1. The number of amides is 2. The number of nitrogens with one attached hydrogen (secondary N) is 1. The minimum absolute atomic E-state index is 0.0261. The molecule has 2 amide bonds. The molecule has 0 fully saturated rings. The lowest BCUT2D eigenvalue weighted by atomic mass is 10.1. The Bertz CT molecular complexity index is 1820. The summed E-state index contributed by atoms with van der Waals surface area (Å²) in [7, 11) is 0. The van der Waals surface area contributed by atoms with E-state index in [9.17, 15) is 35.9 Å². The molecule has 0 atom stereocenters. The van der Waals surface area contributed by atoms with Crippen molar-refractivity contribution in [1.29, 1.82) is 0 Å². The lowest BCUT2D eigenvalue weighted by Crippen LogP contribution is -2.18. The first-order valence-electron chi connectivity index (χ1n) is 12.6. The van der Waals surface area contributed by atoms with Gasteiger partial charge in [-0.1, -0.05) is 42.5 Å².